The Morgan fingerprint density at radius 1 is 0.440 bits per heavy atom. The number of carbonyl (C=O) groups is 8. The van der Waals surface area contributed by atoms with Gasteiger partial charge in [0.1, 0.15) is 102 Å². The number of nitrogens with zero attached hydrogens (tertiary/aromatic N) is 3. The minimum Gasteiger partial charge on any atom is -0.789 e. The normalized spacial score (nSPS) is 29.0. The first-order valence-corrected chi connectivity index (χ1v) is 53.9. The number of unbranched alkanes of at least 4 members (excludes halogenated alkanes) is 8. The zero-order valence-corrected chi connectivity index (χ0v) is 85.4. The highest BCUT2D eigenvalue weighted by molar-refractivity contribution is 7.57. The Labute approximate surface area is 826 Å². The number of carbonyl (C=O) groups excluding carboxylic acids is 8. The minimum atomic E-state index is -4.85. The molecular formula is C92H159N5O41P3-. The summed E-state index contributed by atoms with van der Waals surface area (Å²) in [5, 5.41) is 133. The lowest BCUT2D eigenvalue weighted by molar-refractivity contribution is -0.282. The number of ether oxygens (including phenoxy) is 11. The van der Waals surface area contributed by atoms with E-state index in [0.717, 1.165) is 19.1 Å². The van der Waals surface area contributed by atoms with Crippen LogP contribution in [0, 0.1) is 40.4 Å². The van der Waals surface area contributed by atoms with Crippen LogP contribution in [0.3, 0.4) is 0 Å². The number of ketones is 5. The Morgan fingerprint density at radius 2 is 0.794 bits per heavy atom. The summed E-state index contributed by atoms with van der Waals surface area (Å²) in [6, 6.07) is 2.64. The number of β-amino-alcohol motifs (C(OH)–C–C–N with tert-alkyl or cyclic N) is 1. The predicted molar refractivity (Wildman–Crippen MR) is 498 cm³/mol. The van der Waals surface area contributed by atoms with Crippen LogP contribution >= 0.6 is 23.2 Å². The van der Waals surface area contributed by atoms with E-state index < -0.39 is 259 Å². The minimum absolute atomic E-state index is 0.00199. The van der Waals surface area contributed by atoms with E-state index in [1.807, 2.05) is 12.1 Å². The van der Waals surface area contributed by atoms with Crippen LogP contribution in [0.15, 0.2) is 0 Å². The fourth-order valence-corrected chi connectivity index (χ4v) is 19.8. The number of likely N-dealkylation sites (tertiary alicyclic amines) is 1. The number of aliphatic hydroxyl groups excluding tert-OH is 11. The van der Waals surface area contributed by atoms with E-state index in [1.165, 1.54) is 0 Å². The number of phosphoric ester groups is 2. The summed E-state index contributed by atoms with van der Waals surface area (Å²) < 4.78 is 139. The fourth-order valence-electron chi connectivity index (χ4n) is 16.5. The van der Waals surface area contributed by atoms with Crippen molar-refractivity contribution < 1.29 is 197 Å². The molecule has 0 aromatic rings. The van der Waals surface area contributed by atoms with Crippen molar-refractivity contribution in [2.75, 3.05) is 140 Å². The molecular weight excluding hydrogens is 1920 g/mol. The summed E-state index contributed by atoms with van der Waals surface area (Å²) in [4.78, 5) is 122. The molecule has 6 saturated heterocycles. The maximum atomic E-state index is 14.9. The van der Waals surface area contributed by atoms with Gasteiger partial charge in [-0.15, -0.1) is 0 Å². The monoisotopic (exact) mass is 2080 g/mol. The van der Waals surface area contributed by atoms with Crippen molar-refractivity contribution in [3.8, 4) is 12.1 Å². The predicted octanol–water partition coefficient (Wildman–Crippen LogP) is 3.29. The molecule has 0 aromatic carbocycles. The SMILES string of the molecule is C=P([O-])(OC)OC[C@H]1O[C@@H](C)C[C@@H]1OP(=O)(OCCC#N)OC[C@H]1O[C@@H](C)CC1OP(=O)(OCCC#N)OC[C@@H]1C[C@@H](O)CN1C(=O)CC(=O)NC(COCCC(=O)CCCCCC(=O)CCCCO[C@@H]1OC(CO)[C@H](O)[C@H](O)C1C)(COCCC(=O)CCCCCC(=O)CCCCO[C@@H]1OC(CO)[C@H](O)[C@H](O)C1C)COCCC(=O)NCCCCC(=O)CCCCO[C@@H]1OC(CO)[C@H](O)[C@H](O)C1C.CO. The van der Waals surface area contributed by atoms with Gasteiger partial charge in [-0.2, -0.15) is 10.5 Å². The van der Waals surface area contributed by atoms with Crippen LogP contribution < -0.4 is 15.5 Å². The number of nitriles is 2. The molecule has 0 aromatic heterocycles. The molecule has 0 aliphatic carbocycles. The quantitative estimate of drug-likeness (QED) is 0.0236. The molecule has 46 nitrogen and oxygen atoms in total. The zero-order valence-electron chi connectivity index (χ0n) is 82.7. The van der Waals surface area contributed by atoms with Crippen molar-refractivity contribution in [3.63, 3.8) is 0 Å². The lowest BCUT2D eigenvalue weighted by atomic mass is 9.92. The first kappa shape index (κ1) is 127. The largest absolute Gasteiger partial charge is 0.789 e. The number of amides is 3. The van der Waals surface area contributed by atoms with Gasteiger partial charge >= 0.3 is 15.6 Å². The molecule has 0 saturated carbocycles. The van der Waals surface area contributed by atoms with Crippen LogP contribution in [0.2, 0.25) is 0 Å². The van der Waals surface area contributed by atoms with Crippen molar-refractivity contribution in [3.05, 3.63) is 0 Å². The van der Waals surface area contributed by atoms with Gasteiger partial charge < -0.3 is 138 Å². The fraction of sp³-hybridized carbons (Fsp3) is 0.880. The van der Waals surface area contributed by atoms with Crippen LogP contribution in [0.4, 0.5) is 0 Å². The van der Waals surface area contributed by atoms with E-state index in [-0.39, 0.29) is 191 Å². The molecule has 6 aliphatic heterocycles. The van der Waals surface area contributed by atoms with Crippen LogP contribution in [0.1, 0.15) is 234 Å². The van der Waals surface area contributed by atoms with Crippen LogP contribution in [-0.2, 0) is 136 Å². The van der Waals surface area contributed by atoms with Gasteiger partial charge in [0, 0.05) is 156 Å². The molecule has 6 fully saturated rings. The first-order valence-electron chi connectivity index (χ1n) is 49.2. The third-order valence-corrected chi connectivity index (χ3v) is 28.9. The van der Waals surface area contributed by atoms with E-state index in [0.29, 0.717) is 89.9 Å². The molecule has 141 heavy (non-hydrogen) atoms. The molecule has 0 bridgehead atoms. The lowest BCUT2D eigenvalue weighted by Crippen LogP contribution is -2.59. The van der Waals surface area contributed by atoms with Gasteiger partial charge in [-0.1, -0.05) is 39.9 Å². The van der Waals surface area contributed by atoms with Gasteiger partial charge in [0.25, 0.3) is 0 Å². The summed E-state index contributed by atoms with van der Waals surface area (Å²) in [5.41, 5.74) is -1.75. The van der Waals surface area contributed by atoms with Crippen LogP contribution in [0.5, 0.6) is 0 Å². The van der Waals surface area contributed by atoms with Crippen molar-refractivity contribution in [1.29, 1.82) is 10.5 Å². The van der Waals surface area contributed by atoms with Crippen LogP contribution in [0.25, 0.3) is 0 Å². The Hall–Kier alpha value is -4.74. The van der Waals surface area contributed by atoms with Gasteiger partial charge in [-0.25, -0.2) is 9.13 Å². The van der Waals surface area contributed by atoms with Gasteiger partial charge in [0.15, 0.2) is 18.9 Å². The van der Waals surface area contributed by atoms with Crippen molar-refractivity contribution in [2.45, 2.75) is 362 Å². The molecule has 0 spiro atoms. The zero-order chi connectivity index (χ0) is 104. The standard InChI is InChI=1S/C91H155N5O40P3.CH4O/c1-60-46-72(77(130-60)55-127-137(7,115)118-6)136-139(117,126-42-23-36-93)129-56-78-73(47-61(2)131-78)135-138(116,125-41-22-35-92)128-54-65-48-71(105)50-96(65)81(108)49-80(107)95-91(57-119-43-32-69(103)26-12-8-10-24-66(100)29-15-19-38-122-88-62(3)82(109)85(112)74(51-97)132-88,58-120-44-33-70(104)27-13-9-11-25-67(101)30-16-20-39-123-89-63(4)83(110)86(113)75(52-98)133-89)59-121-45-34-79(106)94-37-18-14-28-68(102)31-17-21-40-124-90-64(5)84(111)87(114)76(53-99)134-90;1-2/h60-65,71-78,82-90,97-99,105,109-114H,7-34,37-59H2,1-6H3,(H2-,94,95,106,107,115);2H,1H3/q-1;/t60-,61-,62?,63?,64?,65-,71+,72-,73?,74?,75?,76?,77+,78+,82+,83+,84+,85-,86-,87-,88+,89+,90+,91?,137?,138?,139?;/m0./s1. The topological polar surface area (TPSA) is 667 Å². The Bertz CT molecular complexity index is 3660. The average molecular weight is 2080 g/mol. The van der Waals surface area contributed by atoms with Gasteiger partial charge in [0.05, 0.1) is 160 Å². The molecule has 49 heteroatoms. The molecule has 3 amide bonds. The van der Waals surface area contributed by atoms with Gasteiger partial charge in [-0.05, 0) is 97.3 Å². The summed E-state index contributed by atoms with van der Waals surface area (Å²) in [6.07, 6.45) is -9.18. The second-order valence-corrected chi connectivity index (χ2v) is 41.7. The number of hydrogen-bond donors (Lipinski definition) is 13. The van der Waals surface area contributed by atoms with Gasteiger partial charge in [-0.3, -0.25) is 65.5 Å². The maximum absolute atomic E-state index is 14.9. The third kappa shape index (κ3) is 47.3. The summed E-state index contributed by atoms with van der Waals surface area (Å²) in [7, 11) is -11.1. The first-order chi connectivity index (χ1) is 67.3. The van der Waals surface area contributed by atoms with Crippen LogP contribution in [-0.4, -0.2) is 382 Å². The summed E-state index contributed by atoms with van der Waals surface area (Å²) in [6.45, 7) is 2.76. The summed E-state index contributed by atoms with van der Waals surface area (Å²) >= 11 is 0. The van der Waals surface area contributed by atoms with E-state index >= 15 is 0 Å². The Morgan fingerprint density at radius 3 is 1.17 bits per heavy atom. The van der Waals surface area contributed by atoms with Crippen molar-refractivity contribution in [2.24, 2.45) is 17.8 Å². The van der Waals surface area contributed by atoms with Crippen molar-refractivity contribution >= 4 is 76.1 Å². The molecule has 10 unspecified atom stereocenters. The number of aliphatic hydroxyl groups is 11. The molecule has 0 radical (unpaired) electrons. The number of hydrogen-bond acceptors (Lipinski definition) is 43. The summed E-state index contributed by atoms with van der Waals surface area (Å²) in [5.74, 6) is -4.27. The maximum Gasteiger partial charge on any atom is 0.475 e. The number of Topliss-reactive ketones (excluding diaryl/α,β-unsaturated/α-hetero) is 5. The highest BCUT2D eigenvalue weighted by Crippen LogP contribution is 2.56. The molecule has 26 atom stereocenters. The highest BCUT2D eigenvalue weighted by Gasteiger charge is 2.50. The van der Waals surface area contributed by atoms with E-state index in [9.17, 15) is 114 Å². The molecule has 13 N–H and O–H groups in total. The smallest absolute Gasteiger partial charge is 0.475 e. The second kappa shape index (κ2) is 68.8. The average Bonchev–Trinajstić information content (AvgIpc) is 1.53. The molecule has 6 aliphatic rings. The molecule has 6 heterocycles. The second-order valence-electron chi connectivity index (χ2n) is 36.6. The van der Waals surface area contributed by atoms with E-state index in [1.54, 1.807) is 34.6 Å². The van der Waals surface area contributed by atoms with Gasteiger partial charge in [0.2, 0.25) is 17.7 Å². The number of phosphoric acid groups is 2. The Kier molecular flexibility index (Phi) is 61.8. The highest BCUT2D eigenvalue weighted by atomic mass is 31.2. The third-order valence-electron chi connectivity index (χ3n) is 24.8. The van der Waals surface area contributed by atoms with Crippen molar-refractivity contribution in [1.82, 2.24) is 15.5 Å². The lowest BCUT2D eigenvalue weighted by Gasteiger charge is -2.40. The number of rotatable bonds is 76. The Balaban J connectivity index is 0.0000174. The van der Waals surface area contributed by atoms with E-state index in [4.69, 9.17) is 93.4 Å². The van der Waals surface area contributed by atoms with E-state index in [2.05, 4.69) is 16.9 Å². The molecule has 6 rings (SSSR count). The molecule has 814 valence electrons. The number of nitrogens with one attached hydrogen (secondary N) is 2.